The van der Waals surface area contributed by atoms with Crippen LogP contribution in [0.15, 0.2) is 70.3 Å². The van der Waals surface area contributed by atoms with Crippen molar-refractivity contribution in [2.75, 3.05) is 6.54 Å². The van der Waals surface area contributed by atoms with Crippen molar-refractivity contribution in [1.82, 2.24) is 0 Å². The van der Waals surface area contributed by atoms with Crippen LogP contribution < -0.4 is 0 Å². The van der Waals surface area contributed by atoms with Crippen molar-refractivity contribution in [1.29, 1.82) is 0 Å². The van der Waals surface area contributed by atoms with Crippen molar-refractivity contribution in [3.05, 3.63) is 87.7 Å². The molecule has 2 aromatic carbocycles. The van der Waals surface area contributed by atoms with Crippen molar-refractivity contribution in [3.63, 3.8) is 0 Å². The number of nitrogens with zero attached hydrogens (tertiary/aromatic N) is 2. The number of hydrogen-bond acceptors (Lipinski definition) is 4. The van der Waals surface area contributed by atoms with E-state index in [-0.39, 0.29) is 10.6 Å². The number of aliphatic imine (C=N–C) groups is 1. The summed E-state index contributed by atoms with van der Waals surface area (Å²) in [6, 6.07) is 16.6. The molecule has 118 valence electrons. The lowest BCUT2D eigenvalue weighted by Gasteiger charge is -2.17. The van der Waals surface area contributed by atoms with Gasteiger partial charge in [0.2, 0.25) is 0 Å². The maximum atomic E-state index is 11.8. The molecule has 0 amide bonds. The Hall–Kier alpha value is -3.21. The van der Waals surface area contributed by atoms with E-state index in [4.69, 9.17) is 4.42 Å². The Kier molecular flexibility index (Phi) is 3.46. The second-order valence-corrected chi connectivity index (χ2v) is 5.57. The first-order valence-electron chi connectivity index (χ1n) is 7.70. The molecule has 4 rings (SSSR count). The van der Waals surface area contributed by atoms with Crippen LogP contribution in [0.5, 0.6) is 0 Å². The van der Waals surface area contributed by atoms with Crippen molar-refractivity contribution in [2.24, 2.45) is 4.99 Å². The SMILES string of the molecule is O=[N+]([O-])c1c(C2=NCCc3ccccc32)cccc1-c1ccco1. The number of nitro groups is 1. The molecule has 24 heavy (non-hydrogen) atoms. The van der Waals surface area contributed by atoms with E-state index >= 15 is 0 Å². The highest BCUT2D eigenvalue weighted by Gasteiger charge is 2.27. The summed E-state index contributed by atoms with van der Waals surface area (Å²) in [4.78, 5) is 16.0. The maximum absolute atomic E-state index is 11.8. The van der Waals surface area contributed by atoms with Gasteiger partial charge < -0.3 is 4.42 Å². The number of furan rings is 1. The lowest BCUT2D eigenvalue weighted by atomic mass is 9.91. The van der Waals surface area contributed by atoms with Gasteiger partial charge in [0.1, 0.15) is 5.76 Å². The number of nitro benzene ring substituents is 1. The molecule has 5 heteroatoms. The summed E-state index contributed by atoms with van der Waals surface area (Å²) in [7, 11) is 0. The summed E-state index contributed by atoms with van der Waals surface area (Å²) in [5.41, 5.74) is 3.83. The largest absolute Gasteiger partial charge is 0.464 e. The predicted octanol–water partition coefficient (Wildman–Crippen LogP) is 4.25. The van der Waals surface area contributed by atoms with Crippen molar-refractivity contribution >= 4 is 11.4 Å². The van der Waals surface area contributed by atoms with E-state index in [0.717, 1.165) is 12.0 Å². The fourth-order valence-corrected chi connectivity index (χ4v) is 3.13. The second-order valence-electron chi connectivity index (χ2n) is 5.57. The molecule has 0 radical (unpaired) electrons. The Bertz CT molecular complexity index is 943. The monoisotopic (exact) mass is 318 g/mol. The first-order chi connectivity index (χ1) is 11.8. The second kappa shape index (κ2) is 5.77. The molecule has 0 saturated carbocycles. The molecule has 0 unspecified atom stereocenters. The molecular formula is C19H14N2O3. The summed E-state index contributed by atoms with van der Waals surface area (Å²) in [5.74, 6) is 0.480. The molecule has 1 aliphatic rings. The van der Waals surface area contributed by atoms with Crippen LogP contribution >= 0.6 is 0 Å². The molecular weight excluding hydrogens is 304 g/mol. The summed E-state index contributed by atoms with van der Waals surface area (Å²) >= 11 is 0. The minimum atomic E-state index is -0.354. The van der Waals surface area contributed by atoms with Crippen LogP contribution in [0.3, 0.4) is 0 Å². The van der Waals surface area contributed by atoms with Gasteiger partial charge in [0, 0.05) is 12.1 Å². The van der Waals surface area contributed by atoms with Crippen LogP contribution in [0.1, 0.15) is 16.7 Å². The Morgan fingerprint density at radius 2 is 1.75 bits per heavy atom. The van der Waals surface area contributed by atoms with Crippen LogP contribution in [-0.4, -0.2) is 17.2 Å². The van der Waals surface area contributed by atoms with Gasteiger partial charge in [0.15, 0.2) is 0 Å². The van der Waals surface area contributed by atoms with Gasteiger partial charge in [0.05, 0.1) is 28.0 Å². The zero-order valence-electron chi connectivity index (χ0n) is 12.8. The molecule has 1 aliphatic heterocycles. The smallest absolute Gasteiger partial charge is 0.289 e. The summed E-state index contributed by atoms with van der Waals surface area (Å²) in [6.07, 6.45) is 2.37. The van der Waals surface area contributed by atoms with Gasteiger partial charge in [-0.05, 0) is 36.2 Å². The highest BCUT2D eigenvalue weighted by atomic mass is 16.6. The lowest BCUT2D eigenvalue weighted by molar-refractivity contribution is -0.384. The Morgan fingerprint density at radius 1 is 0.958 bits per heavy atom. The van der Waals surface area contributed by atoms with Gasteiger partial charge >= 0.3 is 0 Å². The van der Waals surface area contributed by atoms with Gasteiger partial charge in [0.25, 0.3) is 5.69 Å². The van der Waals surface area contributed by atoms with E-state index in [1.54, 1.807) is 30.3 Å². The fraction of sp³-hybridized carbons (Fsp3) is 0.105. The standard InChI is InChI=1S/C19H14N2O3/c22-21(23)19-15(17-9-4-12-24-17)7-3-8-16(19)18-14-6-2-1-5-13(14)10-11-20-18/h1-9,12H,10-11H2. The molecule has 0 aliphatic carbocycles. The number of fused-ring (bicyclic) bond motifs is 1. The van der Waals surface area contributed by atoms with Gasteiger partial charge in [-0.15, -0.1) is 0 Å². The van der Waals surface area contributed by atoms with Crippen molar-refractivity contribution in [3.8, 4) is 11.3 Å². The van der Waals surface area contributed by atoms with E-state index < -0.39 is 0 Å². The van der Waals surface area contributed by atoms with Gasteiger partial charge in [-0.25, -0.2) is 0 Å². The molecule has 2 heterocycles. The average Bonchev–Trinajstić information content (AvgIpc) is 3.15. The zero-order chi connectivity index (χ0) is 16.5. The fourth-order valence-electron chi connectivity index (χ4n) is 3.13. The van der Waals surface area contributed by atoms with E-state index in [1.165, 1.54) is 11.8 Å². The Labute approximate surface area is 138 Å². The van der Waals surface area contributed by atoms with Crippen molar-refractivity contribution < 1.29 is 9.34 Å². The van der Waals surface area contributed by atoms with Gasteiger partial charge in [-0.2, -0.15) is 0 Å². The van der Waals surface area contributed by atoms with Crippen LogP contribution in [0.25, 0.3) is 11.3 Å². The first kappa shape index (κ1) is 14.4. The van der Waals surface area contributed by atoms with Crippen LogP contribution in [0.4, 0.5) is 5.69 Å². The average molecular weight is 318 g/mol. The molecule has 1 aromatic heterocycles. The van der Waals surface area contributed by atoms with E-state index in [9.17, 15) is 10.1 Å². The number of hydrogen-bond donors (Lipinski definition) is 0. The van der Waals surface area contributed by atoms with Gasteiger partial charge in [-0.3, -0.25) is 15.1 Å². The molecule has 3 aromatic rings. The molecule has 0 bridgehead atoms. The minimum absolute atomic E-state index is 0.0305. The van der Waals surface area contributed by atoms with Gasteiger partial charge in [-0.1, -0.05) is 30.3 Å². The summed E-state index contributed by atoms with van der Waals surface area (Å²) in [5, 5.41) is 11.8. The third-order valence-electron chi connectivity index (χ3n) is 4.18. The molecule has 5 nitrogen and oxygen atoms in total. The van der Waals surface area contributed by atoms with Crippen LogP contribution in [-0.2, 0) is 6.42 Å². The molecule has 0 saturated heterocycles. The number of benzene rings is 2. The summed E-state index contributed by atoms with van der Waals surface area (Å²) in [6.45, 7) is 0.633. The van der Waals surface area contributed by atoms with Crippen LogP contribution in [0, 0.1) is 10.1 Å². The highest BCUT2D eigenvalue weighted by molar-refractivity contribution is 6.17. The van der Waals surface area contributed by atoms with E-state index in [1.807, 2.05) is 24.3 Å². The summed E-state index contributed by atoms with van der Waals surface area (Å²) < 4.78 is 5.38. The van der Waals surface area contributed by atoms with Crippen molar-refractivity contribution in [2.45, 2.75) is 6.42 Å². The Balaban J connectivity index is 1.95. The topological polar surface area (TPSA) is 68.6 Å². The number of rotatable bonds is 3. The predicted molar refractivity (Wildman–Crippen MR) is 91.5 cm³/mol. The maximum Gasteiger partial charge on any atom is 0.289 e. The molecule has 0 fully saturated rings. The third-order valence-corrected chi connectivity index (χ3v) is 4.18. The normalized spacial score (nSPS) is 13.2. The molecule has 0 atom stereocenters. The Morgan fingerprint density at radius 3 is 2.54 bits per heavy atom. The first-order valence-corrected chi connectivity index (χ1v) is 7.70. The molecule has 0 N–H and O–H groups in total. The zero-order valence-corrected chi connectivity index (χ0v) is 12.8. The number of para-hydroxylation sites is 1. The third kappa shape index (κ3) is 2.31. The highest BCUT2D eigenvalue weighted by Crippen LogP contribution is 2.35. The van der Waals surface area contributed by atoms with E-state index in [0.29, 0.717) is 29.1 Å². The minimum Gasteiger partial charge on any atom is -0.464 e. The van der Waals surface area contributed by atoms with Crippen LogP contribution in [0.2, 0.25) is 0 Å². The quantitative estimate of drug-likeness (QED) is 0.535. The molecule has 0 spiro atoms. The van der Waals surface area contributed by atoms with E-state index in [2.05, 4.69) is 4.99 Å². The lowest BCUT2D eigenvalue weighted by Crippen LogP contribution is -2.15.